The van der Waals surface area contributed by atoms with E-state index in [9.17, 15) is 4.79 Å². The van der Waals surface area contributed by atoms with Crippen molar-refractivity contribution in [1.29, 1.82) is 0 Å². The third kappa shape index (κ3) is 1.33. The number of rotatable bonds is 2. The second-order valence-corrected chi connectivity index (χ2v) is 4.40. The van der Waals surface area contributed by atoms with E-state index < -0.39 is 5.97 Å². The first-order chi connectivity index (χ1) is 7.27. The van der Waals surface area contributed by atoms with Gasteiger partial charge in [-0.25, -0.2) is 4.79 Å². The van der Waals surface area contributed by atoms with Crippen LogP contribution in [0.25, 0.3) is 0 Å². The topological polar surface area (TPSA) is 76.2 Å². The van der Waals surface area contributed by atoms with Crippen molar-refractivity contribution in [3.63, 3.8) is 0 Å². The lowest BCUT2D eigenvalue weighted by molar-refractivity contribution is 0.0680. The molecule has 1 aromatic rings. The fraction of sp³-hybridized carbons (Fsp3) is 0.700. The molecule has 1 aromatic heterocycles. The number of carbonyl (C=O) groups is 1. The van der Waals surface area contributed by atoms with Crippen molar-refractivity contribution < 1.29 is 14.4 Å². The maximum absolute atomic E-state index is 10.6. The van der Waals surface area contributed by atoms with Crippen molar-refractivity contribution in [2.75, 3.05) is 0 Å². The average Bonchev–Trinajstić information content (AvgIpc) is 2.75. The molecule has 3 rings (SSSR count). The van der Waals surface area contributed by atoms with E-state index in [-0.39, 0.29) is 5.82 Å². The van der Waals surface area contributed by atoms with Gasteiger partial charge in [-0.15, -0.1) is 0 Å². The van der Waals surface area contributed by atoms with Gasteiger partial charge in [0, 0.05) is 5.92 Å². The van der Waals surface area contributed by atoms with Crippen molar-refractivity contribution in [1.82, 2.24) is 10.1 Å². The van der Waals surface area contributed by atoms with Crippen molar-refractivity contribution in [2.24, 2.45) is 11.8 Å². The molecule has 5 heteroatoms. The Morgan fingerprint density at radius 3 is 2.53 bits per heavy atom. The summed E-state index contributed by atoms with van der Waals surface area (Å²) in [5, 5.41) is 12.1. The van der Waals surface area contributed by atoms with Gasteiger partial charge in [0.2, 0.25) is 5.89 Å². The molecule has 0 aliphatic heterocycles. The summed E-state index contributed by atoms with van der Waals surface area (Å²) < 4.78 is 5.00. The maximum Gasteiger partial charge on any atom is 0.377 e. The normalized spacial score (nSPS) is 33.5. The summed E-state index contributed by atoms with van der Waals surface area (Å²) in [7, 11) is 0. The van der Waals surface area contributed by atoms with Crippen LogP contribution in [0.1, 0.15) is 48.1 Å². The molecule has 1 heterocycles. The highest BCUT2D eigenvalue weighted by molar-refractivity contribution is 5.82. The summed E-state index contributed by atoms with van der Waals surface area (Å²) in [6.45, 7) is 0. The summed E-state index contributed by atoms with van der Waals surface area (Å²) >= 11 is 0. The Labute approximate surface area is 86.5 Å². The van der Waals surface area contributed by atoms with Crippen LogP contribution in [0, 0.1) is 11.8 Å². The van der Waals surface area contributed by atoms with Gasteiger partial charge in [0.05, 0.1) is 0 Å². The second-order valence-electron chi connectivity index (χ2n) is 4.40. The lowest BCUT2D eigenvalue weighted by Crippen LogP contribution is -1.98. The Morgan fingerprint density at radius 2 is 2.00 bits per heavy atom. The Bertz CT molecular complexity index is 389. The lowest BCUT2D eigenvalue weighted by atomic mass is 10.0. The molecule has 80 valence electrons. The van der Waals surface area contributed by atoms with Gasteiger partial charge >= 0.3 is 5.97 Å². The number of carboxylic acid groups (broad SMARTS) is 1. The van der Waals surface area contributed by atoms with E-state index in [0.29, 0.717) is 23.6 Å². The standard InChI is InChI=1S/C10H12N2O3/c13-10(14)8-11-9(15-12-8)7-5-3-1-2-4-6(5)7/h5-7H,1-4H2,(H,13,14). The van der Waals surface area contributed by atoms with Crippen molar-refractivity contribution in [2.45, 2.75) is 31.6 Å². The summed E-state index contributed by atoms with van der Waals surface area (Å²) in [5.41, 5.74) is 0. The van der Waals surface area contributed by atoms with Crippen LogP contribution < -0.4 is 0 Å². The molecule has 0 bridgehead atoms. The van der Waals surface area contributed by atoms with E-state index in [1.807, 2.05) is 0 Å². The molecule has 2 atom stereocenters. The zero-order valence-corrected chi connectivity index (χ0v) is 8.22. The minimum atomic E-state index is -1.12. The van der Waals surface area contributed by atoms with Crippen molar-refractivity contribution >= 4 is 5.97 Å². The molecular formula is C10H12N2O3. The second kappa shape index (κ2) is 3.05. The third-order valence-electron chi connectivity index (χ3n) is 3.57. The van der Waals surface area contributed by atoms with E-state index in [4.69, 9.17) is 9.63 Å². The molecule has 0 spiro atoms. The SMILES string of the molecule is O=C(O)c1noc(C2C3CCCCC32)n1. The van der Waals surface area contributed by atoms with Gasteiger partial charge < -0.3 is 9.63 Å². The zero-order valence-electron chi connectivity index (χ0n) is 8.22. The Hall–Kier alpha value is -1.39. The largest absolute Gasteiger partial charge is 0.475 e. The quantitative estimate of drug-likeness (QED) is 0.800. The molecule has 2 aliphatic carbocycles. The van der Waals surface area contributed by atoms with Crippen LogP contribution in [0.5, 0.6) is 0 Å². The van der Waals surface area contributed by atoms with E-state index in [2.05, 4.69) is 10.1 Å². The molecule has 2 unspecified atom stereocenters. The van der Waals surface area contributed by atoms with Crippen LogP contribution in [0.2, 0.25) is 0 Å². The molecule has 0 radical (unpaired) electrons. The molecule has 2 aliphatic rings. The van der Waals surface area contributed by atoms with Gasteiger partial charge in [0.15, 0.2) is 0 Å². The maximum atomic E-state index is 10.6. The third-order valence-corrected chi connectivity index (χ3v) is 3.57. The lowest BCUT2D eigenvalue weighted by Gasteiger charge is -2.04. The minimum absolute atomic E-state index is 0.214. The first-order valence-electron chi connectivity index (χ1n) is 5.34. The molecule has 5 nitrogen and oxygen atoms in total. The van der Waals surface area contributed by atoms with Gasteiger partial charge in [0.1, 0.15) is 0 Å². The molecule has 0 amide bonds. The van der Waals surface area contributed by atoms with Crippen LogP contribution in [-0.4, -0.2) is 21.2 Å². The average molecular weight is 208 g/mol. The smallest absolute Gasteiger partial charge is 0.377 e. The molecule has 1 N–H and O–H groups in total. The highest BCUT2D eigenvalue weighted by Crippen LogP contribution is 2.60. The van der Waals surface area contributed by atoms with Crippen LogP contribution in [0.15, 0.2) is 4.52 Å². The first kappa shape index (κ1) is 8.88. The van der Waals surface area contributed by atoms with Crippen LogP contribution in [-0.2, 0) is 0 Å². The Kier molecular flexibility index (Phi) is 1.81. The number of carboxylic acids is 1. The molecule has 2 fully saturated rings. The fourth-order valence-corrected chi connectivity index (χ4v) is 2.82. The predicted molar refractivity (Wildman–Crippen MR) is 49.4 cm³/mol. The van der Waals surface area contributed by atoms with Crippen LogP contribution >= 0.6 is 0 Å². The van der Waals surface area contributed by atoms with Crippen LogP contribution in [0.4, 0.5) is 0 Å². The highest BCUT2D eigenvalue weighted by atomic mass is 16.5. The summed E-state index contributed by atoms with van der Waals surface area (Å²) in [6, 6.07) is 0. The van der Waals surface area contributed by atoms with E-state index in [0.717, 1.165) is 0 Å². The van der Waals surface area contributed by atoms with E-state index in [1.54, 1.807) is 0 Å². The van der Waals surface area contributed by atoms with Gasteiger partial charge in [-0.3, -0.25) is 0 Å². The van der Waals surface area contributed by atoms with Crippen molar-refractivity contribution in [3.8, 4) is 0 Å². The highest BCUT2D eigenvalue weighted by Gasteiger charge is 2.54. The number of hydrogen-bond donors (Lipinski definition) is 1. The molecule has 0 aromatic carbocycles. The number of fused-ring (bicyclic) bond motifs is 1. The molecule has 2 saturated carbocycles. The monoisotopic (exact) mass is 208 g/mol. The zero-order chi connectivity index (χ0) is 10.4. The van der Waals surface area contributed by atoms with Crippen molar-refractivity contribution in [3.05, 3.63) is 11.7 Å². The predicted octanol–water partition coefficient (Wildman–Crippen LogP) is 1.67. The van der Waals surface area contributed by atoms with Gasteiger partial charge in [-0.1, -0.05) is 12.8 Å². The number of hydrogen-bond acceptors (Lipinski definition) is 4. The Balaban J connectivity index is 1.79. The number of aromatic carboxylic acids is 1. The van der Waals surface area contributed by atoms with Gasteiger partial charge in [-0.2, -0.15) is 4.98 Å². The fourth-order valence-electron chi connectivity index (χ4n) is 2.82. The van der Waals surface area contributed by atoms with Gasteiger partial charge in [-0.05, 0) is 29.8 Å². The molecule has 15 heavy (non-hydrogen) atoms. The van der Waals surface area contributed by atoms with Crippen LogP contribution in [0.3, 0.4) is 0 Å². The minimum Gasteiger partial charge on any atom is -0.475 e. The molecular weight excluding hydrogens is 196 g/mol. The summed E-state index contributed by atoms with van der Waals surface area (Å²) in [6.07, 6.45) is 5.00. The van der Waals surface area contributed by atoms with E-state index >= 15 is 0 Å². The summed E-state index contributed by atoms with van der Waals surface area (Å²) in [4.78, 5) is 14.5. The molecule has 0 saturated heterocycles. The Morgan fingerprint density at radius 1 is 1.33 bits per heavy atom. The van der Waals surface area contributed by atoms with E-state index in [1.165, 1.54) is 25.7 Å². The number of aromatic nitrogens is 2. The number of nitrogens with zero attached hydrogens (tertiary/aromatic N) is 2. The first-order valence-corrected chi connectivity index (χ1v) is 5.34. The van der Waals surface area contributed by atoms with Gasteiger partial charge in [0.25, 0.3) is 5.82 Å². The summed E-state index contributed by atoms with van der Waals surface area (Å²) in [5.74, 6) is 0.876.